The number of likely N-dealkylation sites (tertiary alicyclic amines) is 2. The summed E-state index contributed by atoms with van der Waals surface area (Å²) >= 11 is 0. The molecule has 142 valence electrons. The lowest BCUT2D eigenvalue weighted by atomic mass is 9.94. The van der Waals surface area contributed by atoms with E-state index in [0.29, 0.717) is 19.6 Å². The molecule has 2 fully saturated rings. The largest absolute Gasteiger partial charge is 0.351 e. The molecule has 2 aliphatic rings. The monoisotopic (exact) mass is 351 g/mol. The van der Waals surface area contributed by atoms with E-state index in [1.807, 2.05) is 39.5 Å². The highest BCUT2D eigenvalue weighted by atomic mass is 16.2. The summed E-state index contributed by atoms with van der Waals surface area (Å²) in [6.07, 6.45) is 3.17. The SMILES string of the molecule is CC(C)C(=O)N1CCC(NC(=O)C2CCCN2C(=O)C(C)(C)C)CC1. The number of nitrogens with zero attached hydrogens (tertiary/aromatic N) is 2. The van der Waals surface area contributed by atoms with Crippen LogP contribution < -0.4 is 5.32 Å². The van der Waals surface area contributed by atoms with Gasteiger partial charge in [0.2, 0.25) is 17.7 Å². The summed E-state index contributed by atoms with van der Waals surface area (Å²) in [6.45, 7) is 11.6. The molecular weight excluding hydrogens is 318 g/mol. The lowest BCUT2D eigenvalue weighted by molar-refractivity contribution is -0.145. The molecule has 2 heterocycles. The Kier molecular flexibility index (Phi) is 6.12. The Balaban J connectivity index is 1.88. The van der Waals surface area contributed by atoms with E-state index in [1.165, 1.54) is 0 Å². The minimum Gasteiger partial charge on any atom is -0.351 e. The van der Waals surface area contributed by atoms with Gasteiger partial charge in [-0.05, 0) is 25.7 Å². The molecule has 0 saturated carbocycles. The molecule has 0 aromatic rings. The summed E-state index contributed by atoms with van der Waals surface area (Å²) in [6, 6.07) is -0.252. The van der Waals surface area contributed by atoms with Crippen LogP contribution in [-0.2, 0) is 14.4 Å². The quantitative estimate of drug-likeness (QED) is 0.843. The Morgan fingerprint density at radius 2 is 1.60 bits per heavy atom. The van der Waals surface area contributed by atoms with Crippen molar-refractivity contribution < 1.29 is 14.4 Å². The van der Waals surface area contributed by atoms with Gasteiger partial charge in [0.25, 0.3) is 0 Å². The number of carbonyl (C=O) groups excluding carboxylic acids is 3. The maximum Gasteiger partial charge on any atom is 0.243 e. The molecule has 6 heteroatoms. The number of amides is 3. The lowest BCUT2D eigenvalue weighted by Gasteiger charge is -2.35. The van der Waals surface area contributed by atoms with Gasteiger partial charge < -0.3 is 15.1 Å². The summed E-state index contributed by atoms with van der Waals surface area (Å²) in [5.41, 5.74) is -0.467. The topological polar surface area (TPSA) is 69.7 Å². The second-order valence-corrected chi connectivity index (χ2v) is 8.67. The molecule has 3 amide bonds. The second kappa shape index (κ2) is 7.75. The molecular formula is C19H33N3O3. The van der Waals surface area contributed by atoms with Gasteiger partial charge in [-0.1, -0.05) is 34.6 Å². The van der Waals surface area contributed by atoms with E-state index >= 15 is 0 Å². The maximum absolute atomic E-state index is 12.7. The number of hydrogen-bond acceptors (Lipinski definition) is 3. The predicted octanol–water partition coefficient (Wildman–Crippen LogP) is 1.79. The van der Waals surface area contributed by atoms with Crippen LogP contribution >= 0.6 is 0 Å². The number of nitrogens with one attached hydrogen (secondary N) is 1. The summed E-state index contributed by atoms with van der Waals surface area (Å²) < 4.78 is 0. The minimum absolute atomic E-state index is 0.0154. The van der Waals surface area contributed by atoms with Crippen LogP contribution in [0.5, 0.6) is 0 Å². The van der Waals surface area contributed by atoms with Crippen molar-refractivity contribution in [3.8, 4) is 0 Å². The van der Waals surface area contributed by atoms with Crippen LogP contribution in [-0.4, -0.2) is 59.2 Å². The molecule has 0 aliphatic carbocycles. The zero-order valence-electron chi connectivity index (χ0n) is 16.3. The van der Waals surface area contributed by atoms with E-state index in [1.54, 1.807) is 4.90 Å². The van der Waals surface area contributed by atoms with E-state index in [4.69, 9.17) is 0 Å². The molecule has 1 unspecified atom stereocenters. The highest BCUT2D eigenvalue weighted by Gasteiger charge is 2.39. The van der Waals surface area contributed by atoms with Crippen molar-refractivity contribution in [1.82, 2.24) is 15.1 Å². The van der Waals surface area contributed by atoms with Gasteiger partial charge in [0.15, 0.2) is 0 Å². The highest BCUT2D eigenvalue weighted by Crippen LogP contribution is 2.26. The third-order valence-electron chi connectivity index (χ3n) is 5.10. The molecule has 1 N–H and O–H groups in total. The van der Waals surface area contributed by atoms with Gasteiger partial charge in [0.1, 0.15) is 6.04 Å². The predicted molar refractivity (Wildman–Crippen MR) is 96.8 cm³/mol. The summed E-state index contributed by atoms with van der Waals surface area (Å²) in [4.78, 5) is 40.9. The van der Waals surface area contributed by atoms with Crippen molar-refractivity contribution in [3.05, 3.63) is 0 Å². The van der Waals surface area contributed by atoms with Crippen LogP contribution in [0, 0.1) is 11.3 Å². The Hall–Kier alpha value is -1.59. The molecule has 25 heavy (non-hydrogen) atoms. The number of hydrogen-bond donors (Lipinski definition) is 1. The third-order valence-corrected chi connectivity index (χ3v) is 5.10. The van der Waals surface area contributed by atoms with Gasteiger partial charge >= 0.3 is 0 Å². The van der Waals surface area contributed by atoms with Gasteiger partial charge in [-0.2, -0.15) is 0 Å². The average Bonchev–Trinajstić information content (AvgIpc) is 3.02. The lowest BCUT2D eigenvalue weighted by Crippen LogP contribution is -2.53. The molecule has 0 aromatic carbocycles. The van der Waals surface area contributed by atoms with Gasteiger partial charge in [0.05, 0.1) is 0 Å². The van der Waals surface area contributed by atoms with E-state index in [0.717, 1.165) is 25.7 Å². The fourth-order valence-electron chi connectivity index (χ4n) is 3.62. The first-order valence-electron chi connectivity index (χ1n) is 9.51. The van der Waals surface area contributed by atoms with Crippen LogP contribution in [0.3, 0.4) is 0 Å². The summed E-state index contributed by atoms with van der Waals surface area (Å²) in [5, 5.41) is 3.12. The minimum atomic E-state index is -0.467. The van der Waals surface area contributed by atoms with E-state index < -0.39 is 5.41 Å². The Morgan fingerprint density at radius 3 is 2.12 bits per heavy atom. The molecule has 0 spiro atoms. The van der Waals surface area contributed by atoms with Crippen LogP contribution in [0.2, 0.25) is 0 Å². The van der Waals surface area contributed by atoms with Crippen molar-refractivity contribution in [1.29, 1.82) is 0 Å². The molecule has 0 radical (unpaired) electrons. The first-order chi connectivity index (χ1) is 11.6. The Morgan fingerprint density at radius 1 is 1.00 bits per heavy atom. The first-order valence-corrected chi connectivity index (χ1v) is 9.51. The Labute approximate surface area is 151 Å². The van der Waals surface area contributed by atoms with Gasteiger partial charge in [-0.3, -0.25) is 14.4 Å². The molecule has 2 aliphatic heterocycles. The third kappa shape index (κ3) is 4.73. The van der Waals surface area contributed by atoms with Crippen molar-refractivity contribution in [2.45, 2.75) is 72.4 Å². The Bertz CT molecular complexity index is 516. The first kappa shape index (κ1) is 19.7. The van der Waals surface area contributed by atoms with Crippen LogP contribution in [0.25, 0.3) is 0 Å². The average molecular weight is 351 g/mol. The van der Waals surface area contributed by atoms with Gasteiger partial charge in [-0.25, -0.2) is 0 Å². The molecule has 0 bridgehead atoms. The van der Waals surface area contributed by atoms with E-state index in [-0.39, 0.29) is 35.7 Å². The summed E-state index contributed by atoms with van der Waals surface area (Å²) in [5.74, 6) is 0.204. The fraction of sp³-hybridized carbons (Fsp3) is 0.842. The highest BCUT2D eigenvalue weighted by molar-refractivity contribution is 5.90. The van der Waals surface area contributed by atoms with Crippen molar-refractivity contribution >= 4 is 17.7 Å². The van der Waals surface area contributed by atoms with Crippen molar-refractivity contribution in [3.63, 3.8) is 0 Å². The number of carbonyl (C=O) groups is 3. The number of rotatable bonds is 3. The molecule has 1 atom stereocenters. The van der Waals surface area contributed by atoms with Crippen molar-refractivity contribution in [2.24, 2.45) is 11.3 Å². The van der Waals surface area contributed by atoms with Crippen LogP contribution in [0.15, 0.2) is 0 Å². The maximum atomic E-state index is 12.7. The van der Waals surface area contributed by atoms with Gasteiger partial charge in [-0.15, -0.1) is 0 Å². The molecule has 0 aromatic heterocycles. The molecule has 2 saturated heterocycles. The zero-order valence-corrected chi connectivity index (χ0v) is 16.3. The normalized spacial score (nSPS) is 22.4. The standard InChI is InChI=1S/C19H33N3O3/c1-13(2)17(24)21-11-8-14(9-12-21)20-16(23)15-7-6-10-22(15)18(25)19(3,4)5/h13-15H,6-12H2,1-5H3,(H,20,23). The zero-order chi connectivity index (χ0) is 18.8. The molecule has 2 rings (SSSR count). The van der Waals surface area contributed by atoms with E-state index in [9.17, 15) is 14.4 Å². The smallest absolute Gasteiger partial charge is 0.243 e. The van der Waals surface area contributed by atoms with Crippen molar-refractivity contribution in [2.75, 3.05) is 19.6 Å². The fourth-order valence-corrected chi connectivity index (χ4v) is 3.62. The van der Waals surface area contributed by atoms with Gasteiger partial charge in [0, 0.05) is 37.0 Å². The van der Waals surface area contributed by atoms with E-state index in [2.05, 4.69) is 5.32 Å². The van der Waals surface area contributed by atoms with Crippen LogP contribution in [0.4, 0.5) is 0 Å². The van der Waals surface area contributed by atoms with Crippen LogP contribution in [0.1, 0.15) is 60.3 Å². The summed E-state index contributed by atoms with van der Waals surface area (Å²) in [7, 11) is 0. The number of piperidine rings is 1. The molecule has 6 nitrogen and oxygen atoms in total. The second-order valence-electron chi connectivity index (χ2n) is 8.67.